The number of carbonyl (C=O) groups excluding carboxylic acids is 1. The number of nitro groups is 1. The lowest BCUT2D eigenvalue weighted by Crippen LogP contribution is -2.40. The van der Waals surface area contributed by atoms with Gasteiger partial charge in [0.25, 0.3) is 11.2 Å². The number of anilines is 1. The van der Waals surface area contributed by atoms with Gasteiger partial charge in [0, 0.05) is 18.6 Å². The average Bonchev–Trinajstić information content (AvgIpc) is 2.70. The minimum absolute atomic E-state index is 0. The van der Waals surface area contributed by atoms with Crippen molar-refractivity contribution in [2.75, 3.05) is 33.0 Å². The lowest BCUT2D eigenvalue weighted by molar-refractivity contribution is -0.861. The molecule has 1 unspecified atom stereocenters. The van der Waals surface area contributed by atoms with Crippen LogP contribution in [-0.4, -0.2) is 59.1 Å². The van der Waals surface area contributed by atoms with Gasteiger partial charge in [-0.15, -0.1) is 0 Å². The van der Waals surface area contributed by atoms with E-state index in [1.807, 2.05) is 21.1 Å². The van der Waals surface area contributed by atoms with Crippen LogP contribution in [0.5, 0.6) is 0 Å². The van der Waals surface area contributed by atoms with Gasteiger partial charge in [-0.1, -0.05) is 58.3 Å². The Labute approximate surface area is 198 Å². The number of aliphatic hydroxyl groups is 1. The normalized spacial score (nSPS) is 12.1. The van der Waals surface area contributed by atoms with Gasteiger partial charge in [0.05, 0.1) is 31.8 Å². The fraction of sp³-hybridized carbons (Fsp3) is 0.652. The summed E-state index contributed by atoms with van der Waals surface area (Å²) in [6, 6.07) is 3.78. The van der Waals surface area contributed by atoms with Crippen LogP contribution >= 0.6 is 7.77 Å². The Morgan fingerprint density at radius 3 is 2.12 bits per heavy atom. The highest BCUT2D eigenvalue weighted by Crippen LogP contribution is 2.25. The maximum Gasteiger partial charge on any atom is 0.279 e. The van der Waals surface area contributed by atoms with Crippen LogP contribution in [0.4, 0.5) is 11.4 Å². The van der Waals surface area contributed by atoms with Crippen LogP contribution in [0.15, 0.2) is 18.2 Å². The van der Waals surface area contributed by atoms with Crippen molar-refractivity contribution in [3.63, 3.8) is 0 Å². The van der Waals surface area contributed by atoms with Gasteiger partial charge in [0.1, 0.15) is 7.77 Å². The van der Waals surface area contributed by atoms with Crippen molar-refractivity contribution in [1.29, 1.82) is 0 Å². The summed E-state index contributed by atoms with van der Waals surface area (Å²) in [7, 11) is 3.21. The summed E-state index contributed by atoms with van der Waals surface area (Å²) in [5.41, 5.74) is -0.299. The molecule has 0 aromatic heterocycles. The second-order valence-corrected chi connectivity index (χ2v) is 10.8. The zero-order valence-electron chi connectivity index (χ0n) is 20.4. The summed E-state index contributed by atoms with van der Waals surface area (Å²) in [6.45, 7) is 2.37. The highest BCUT2D eigenvalue weighted by Gasteiger charge is 2.24. The van der Waals surface area contributed by atoms with E-state index in [0.717, 1.165) is 19.3 Å². The van der Waals surface area contributed by atoms with Gasteiger partial charge in [-0.3, -0.25) is 14.9 Å². The molecule has 188 valence electrons. The molecule has 0 aliphatic heterocycles. The van der Waals surface area contributed by atoms with Crippen LogP contribution in [0.3, 0.4) is 0 Å². The number of rotatable bonds is 15. The molecule has 0 saturated heterocycles. The number of hydrogen-bond acceptors (Lipinski definition) is 5. The minimum Gasteiger partial charge on any atom is -0.870 e. The summed E-state index contributed by atoms with van der Waals surface area (Å²) in [4.78, 5) is 35.9. The third-order valence-electron chi connectivity index (χ3n) is 5.04. The predicted octanol–water partition coefficient (Wildman–Crippen LogP) is 3.87. The average molecular weight is 486 g/mol. The number of non-ortho nitro benzene ring substituents is 1. The van der Waals surface area contributed by atoms with Crippen molar-refractivity contribution in [2.45, 2.75) is 71.1 Å². The summed E-state index contributed by atoms with van der Waals surface area (Å²) in [5, 5.41) is 24.3. The number of hydrogen-bond donors (Lipinski definition) is 2. The van der Waals surface area contributed by atoms with Gasteiger partial charge in [0.2, 0.25) is 5.91 Å². The highest BCUT2D eigenvalue weighted by molar-refractivity contribution is 7.59. The smallest absolute Gasteiger partial charge is 0.279 e. The van der Waals surface area contributed by atoms with E-state index < -0.39 is 12.7 Å². The molecular weight excluding hydrogens is 445 g/mol. The lowest BCUT2D eigenvalue weighted by Gasteiger charge is -2.22. The van der Waals surface area contributed by atoms with E-state index >= 15 is 0 Å². The first-order chi connectivity index (χ1) is 15.0. The first-order valence-electron chi connectivity index (χ1n) is 11.5. The Balaban J connectivity index is 0.0000102. The van der Waals surface area contributed by atoms with Gasteiger partial charge >= 0.3 is 0 Å². The van der Waals surface area contributed by atoms with Crippen molar-refractivity contribution in [1.82, 2.24) is 0 Å². The van der Waals surface area contributed by atoms with Crippen LogP contribution in [0.1, 0.15) is 71.1 Å². The molecule has 1 atom stereocenters. The van der Waals surface area contributed by atoms with E-state index in [-0.39, 0.29) is 40.1 Å². The monoisotopic (exact) mass is 485 g/mol. The third kappa shape index (κ3) is 12.8. The first-order valence-corrected chi connectivity index (χ1v) is 12.7. The zero-order valence-corrected chi connectivity index (χ0v) is 21.3. The molecule has 3 N–H and O–H groups in total. The quantitative estimate of drug-likeness (QED) is 0.127. The van der Waals surface area contributed by atoms with E-state index in [4.69, 9.17) is 0 Å². The molecule has 0 fully saturated rings. The molecular formula is C23H40N3O6P. The van der Waals surface area contributed by atoms with E-state index in [0.29, 0.717) is 10.9 Å². The van der Waals surface area contributed by atoms with Gasteiger partial charge < -0.3 is 25.3 Å². The van der Waals surface area contributed by atoms with Crippen molar-refractivity contribution in [3.05, 3.63) is 28.3 Å². The number of aliphatic hydroxyl groups excluding tert-OH is 1. The molecule has 0 aliphatic carbocycles. The van der Waals surface area contributed by atoms with Crippen molar-refractivity contribution < 1.29 is 29.7 Å². The van der Waals surface area contributed by atoms with Gasteiger partial charge in [-0.05, 0) is 12.5 Å². The molecule has 1 aromatic carbocycles. The second kappa shape index (κ2) is 15.9. The summed E-state index contributed by atoms with van der Waals surface area (Å²) < 4.78 is 0.375. The predicted molar refractivity (Wildman–Crippen MR) is 132 cm³/mol. The first kappa shape index (κ1) is 31.1. The number of nitrogens with one attached hydrogen (secondary N) is 1. The van der Waals surface area contributed by atoms with Crippen molar-refractivity contribution >= 4 is 35.8 Å². The topological polar surface area (TPSA) is 146 Å². The Bertz CT molecular complexity index is 793. The van der Waals surface area contributed by atoms with Crippen LogP contribution < -0.4 is 15.5 Å². The molecule has 10 heteroatoms. The van der Waals surface area contributed by atoms with Crippen LogP contribution in [0.25, 0.3) is 0 Å². The number of likely N-dealkylation sites (N-methyl/N-ethyl adjacent to an activating group) is 1. The standard InChI is InChI=1S/C23H38N3O5P.H2O/c1-5-6-7-8-9-10-11-12-13-14-22(27)24-20-17-19(25(29)30)15-16-21(20)32(31)23(28)18-26(2,3)4;/h15-17H,5-14,18H2,1-4H3,(H-,24,27,28);1H2. The largest absolute Gasteiger partial charge is 0.870 e. The molecule has 0 spiro atoms. The fourth-order valence-electron chi connectivity index (χ4n) is 3.35. The molecule has 0 aliphatic rings. The highest BCUT2D eigenvalue weighted by atomic mass is 31.1. The second-order valence-electron chi connectivity index (χ2n) is 9.24. The zero-order chi connectivity index (χ0) is 24.1. The molecule has 1 amide bonds. The number of unbranched alkanes of at least 4 members (excludes halogenated alkanes) is 8. The van der Waals surface area contributed by atoms with Gasteiger partial charge in [0.15, 0.2) is 11.8 Å². The molecule has 0 saturated carbocycles. The summed E-state index contributed by atoms with van der Waals surface area (Å²) >= 11 is 0. The van der Waals surface area contributed by atoms with E-state index in [9.17, 15) is 24.9 Å². The van der Waals surface area contributed by atoms with E-state index in [1.165, 1.54) is 56.7 Å². The molecule has 0 bridgehead atoms. The maximum absolute atomic E-state index is 12.9. The molecule has 9 nitrogen and oxygen atoms in total. The number of nitrogens with zero attached hydrogens (tertiary/aromatic N) is 2. The minimum atomic E-state index is -2.34. The van der Waals surface area contributed by atoms with Crippen molar-refractivity contribution in [3.8, 4) is 0 Å². The Kier molecular flexibility index (Phi) is 14.9. The maximum atomic E-state index is 12.9. The van der Waals surface area contributed by atoms with Crippen LogP contribution in [0.2, 0.25) is 0 Å². The Hall–Kier alpha value is -1.90. The van der Waals surface area contributed by atoms with Crippen LogP contribution in [-0.2, 0) is 4.79 Å². The van der Waals surface area contributed by atoms with Crippen LogP contribution in [0, 0.1) is 10.1 Å². The molecule has 33 heavy (non-hydrogen) atoms. The number of carbonyl (C=O) groups is 1. The number of benzene rings is 1. The summed E-state index contributed by atoms with van der Waals surface area (Å²) in [5.74, 6) is -0.274. The molecule has 0 heterocycles. The number of quaternary nitrogens is 1. The molecule has 1 rings (SSSR count). The Morgan fingerprint density at radius 2 is 1.61 bits per heavy atom. The van der Waals surface area contributed by atoms with Crippen molar-refractivity contribution in [2.24, 2.45) is 0 Å². The Morgan fingerprint density at radius 1 is 1.06 bits per heavy atom. The van der Waals surface area contributed by atoms with Gasteiger partial charge in [-0.25, -0.2) is 0 Å². The lowest BCUT2D eigenvalue weighted by atomic mass is 10.1. The van der Waals surface area contributed by atoms with E-state index in [1.54, 1.807) is 0 Å². The fourth-order valence-corrected chi connectivity index (χ4v) is 4.73. The van der Waals surface area contributed by atoms with Gasteiger partial charge in [-0.2, -0.15) is 0 Å². The molecule has 0 radical (unpaired) electrons. The van der Waals surface area contributed by atoms with E-state index in [2.05, 4.69) is 12.2 Å². The molecule has 1 aromatic rings. The number of nitro benzene ring substituents is 1. The SMILES string of the molecule is CCCCCCCCCCCC(=O)Nc1cc([N+](=O)[O-])ccc1/[P+]([O-])=C(\O)C[N+](C)(C)C.[OH-]. The summed E-state index contributed by atoms with van der Waals surface area (Å²) in [6.07, 6.45) is 10.5. The third-order valence-corrected chi connectivity index (χ3v) is 6.48. The number of amides is 1.